The van der Waals surface area contributed by atoms with E-state index < -0.39 is 0 Å². The van der Waals surface area contributed by atoms with Crippen molar-refractivity contribution in [1.29, 1.82) is 0 Å². The van der Waals surface area contributed by atoms with Crippen molar-refractivity contribution in [3.8, 4) is 11.5 Å². The smallest absolute Gasteiger partial charge is 0.288 e. The average molecular weight is 402 g/mol. The average Bonchev–Trinajstić information content (AvgIpc) is 3.05. The second-order valence-electron chi connectivity index (χ2n) is 6.57. The molecule has 0 amide bonds. The molecule has 6 nitrogen and oxygen atoms in total. The van der Waals surface area contributed by atoms with Crippen molar-refractivity contribution >= 4 is 23.8 Å². The second kappa shape index (κ2) is 8.31. The van der Waals surface area contributed by atoms with E-state index in [0.29, 0.717) is 22.4 Å². The number of piperazine rings is 1. The third kappa shape index (κ3) is 4.62. The summed E-state index contributed by atoms with van der Waals surface area (Å²) in [6, 6.07) is 11.5. The Kier molecular flexibility index (Phi) is 5.63. The van der Waals surface area contributed by atoms with Crippen molar-refractivity contribution < 1.29 is 4.42 Å². The van der Waals surface area contributed by atoms with Crippen molar-refractivity contribution in [3.05, 3.63) is 64.2 Å². The van der Waals surface area contributed by atoms with E-state index in [1.807, 2.05) is 36.7 Å². The highest BCUT2D eigenvalue weighted by atomic mass is 35.5. The SMILES string of the molecule is S=c1oc(-c2ccc(Cl)cc2)nn1CN1CCN(Cc2ccncc2)CC1. The Hall–Kier alpha value is -2.06. The van der Waals surface area contributed by atoms with Crippen LogP contribution in [0.4, 0.5) is 0 Å². The summed E-state index contributed by atoms with van der Waals surface area (Å²) in [4.78, 5) is 9.25. The first-order valence-electron chi connectivity index (χ1n) is 8.85. The minimum Gasteiger partial charge on any atom is -0.409 e. The van der Waals surface area contributed by atoms with Crippen LogP contribution >= 0.6 is 23.8 Å². The van der Waals surface area contributed by atoms with Crippen LogP contribution in [-0.4, -0.2) is 50.7 Å². The Morgan fingerprint density at radius 1 is 0.963 bits per heavy atom. The van der Waals surface area contributed by atoms with Gasteiger partial charge in [0.2, 0.25) is 5.89 Å². The predicted octanol–water partition coefficient (Wildman–Crippen LogP) is 3.70. The molecule has 1 aliphatic rings. The lowest BCUT2D eigenvalue weighted by Gasteiger charge is -2.34. The van der Waals surface area contributed by atoms with Crippen LogP contribution in [0.15, 0.2) is 53.2 Å². The van der Waals surface area contributed by atoms with Crippen molar-refractivity contribution in [2.24, 2.45) is 0 Å². The van der Waals surface area contributed by atoms with Crippen molar-refractivity contribution in [1.82, 2.24) is 24.6 Å². The fourth-order valence-corrected chi connectivity index (χ4v) is 3.43. The molecule has 0 N–H and O–H groups in total. The first-order chi connectivity index (χ1) is 13.2. The molecule has 4 rings (SSSR count). The Morgan fingerprint density at radius 3 is 2.33 bits per heavy atom. The molecule has 1 aliphatic heterocycles. The van der Waals surface area contributed by atoms with Gasteiger partial charge >= 0.3 is 0 Å². The summed E-state index contributed by atoms with van der Waals surface area (Å²) in [5.41, 5.74) is 2.16. The van der Waals surface area contributed by atoms with E-state index in [2.05, 4.69) is 32.0 Å². The van der Waals surface area contributed by atoms with Gasteiger partial charge in [0.15, 0.2) is 0 Å². The van der Waals surface area contributed by atoms with Crippen LogP contribution in [0.2, 0.25) is 5.02 Å². The Balaban J connectivity index is 1.35. The monoisotopic (exact) mass is 401 g/mol. The molecule has 0 unspecified atom stereocenters. The number of hydrogen-bond acceptors (Lipinski definition) is 6. The maximum atomic E-state index is 5.94. The summed E-state index contributed by atoms with van der Waals surface area (Å²) in [6.45, 7) is 5.56. The summed E-state index contributed by atoms with van der Waals surface area (Å²) < 4.78 is 7.41. The number of benzene rings is 1. The lowest BCUT2D eigenvalue weighted by Crippen LogP contribution is -2.46. The predicted molar refractivity (Wildman–Crippen MR) is 107 cm³/mol. The number of aromatic nitrogens is 3. The zero-order chi connectivity index (χ0) is 18.6. The minimum atomic E-state index is 0.388. The van der Waals surface area contributed by atoms with Crippen LogP contribution in [0.25, 0.3) is 11.5 Å². The van der Waals surface area contributed by atoms with Gasteiger partial charge in [-0.25, -0.2) is 4.68 Å². The number of rotatable bonds is 5. The van der Waals surface area contributed by atoms with E-state index in [0.717, 1.165) is 38.3 Å². The zero-order valence-corrected chi connectivity index (χ0v) is 16.4. The van der Waals surface area contributed by atoms with Crippen LogP contribution in [0, 0.1) is 4.84 Å². The van der Waals surface area contributed by atoms with Gasteiger partial charge in [0.25, 0.3) is 4.84 Å². The number of hydrogen-bond donors (Lipinski definition) is 0. The Bertz CT molecular complexity index is 933. The molecule has 140 valence electrons. The highest BCUT2D eigenvalue weighted by molar-refractivity contribution is 7.71. The highest BCUT2D eigenvalue weighted by Crippen LogP contribution is 2.20. The van der Waals surface area contributed by atoms with Gasteiger partial charge in [-0.05, 0) is 54.2 Å². The molecule has 1 fully saturated rings. The fourth-order valence-electron chi connectivity index (χ4n) is 3.13. The van der Waals surface area contributed by atoms with Crippen molar-refractivity contribution in [2.45, 2.75) is 13.2 Å². The van der Waals surface area contributed by atoms with Gasteiger partial charge in [0.05, 0.1) is 6.67 Å². The lowest BCUT2D eigenvalue weighted by molar-refractivity contribution is 0.0974. The van der Waals surface area contributed by atoms with E-state index in [1.165, 1.54) is 5.56 Å². The van der Waals surface area contributed by atoms with E-state index in [4.69, 9.17) is 28.2 Å². The Labute approximate surface area is 168 Å². The normalized spacial score (nSPS) is 15.9. The summed E-state index contributed by atoms with van der Waals surface area (Å²) in [6.07, 6.45) is 3.69. The van der Waals surface area contributed by atoms with Gasteiger partial charge in [-0.1, -0.05) is 11.6 Å². The fraction of sp³-hybridized carbons (Fsp3) is 0.316. The lowest BCUT2D eigenvalue weighted by atomic mass is 10.2. The molecule has 3 aromatic rings. The molecule has 3 heterocycles. The summed E-state index contributed by atoms with van der Waals surface area (Å²) in [5.74, 6) is 0.521. The molecule has 2 aromatic heterocycles. The van der Waals surface area contributed by atoms with Crippen LogP contribution < -0.4 is 0 Å². The maximum Gasteiger partial charge on any atom is 0.288 e. The van der Waals surface area contributed by atoms with Crippen LogP contribution in [0.5, 0.6) is 0 Å². The van der Waals surface area contributed by atoms with Crippen LogP contribution in [-0.2, 0) is 13.2 Å². The number of nitrogens with zero attached hydrogens (tertiary/aromatic N) is 5. The molecule has 8 heteroatoms. The summed E-state index contributed by atoms with van der Waals surface area (Å²) in [5, 5.41) is 5.21. The zero-order valence-electron chi connectivity index (χ0n) is 14.8. The molecule has 0 atom stereocenters. The van der Waals surface area contributed by atoms with Crippen molar-refractivity contribution in [2.75, 3.05) is 26.2 Å². The van der Waals surface area contributed by atoms with E-state index in [-0.39, 0.29) is 0 Å². The van der Waals surface area contributed by atoms with E-state index >= 15 is 0 Å². The van der Waals surface area contributed by atoms with Gasteiger partial charge in [-0.15, -0.1) is 5.10 Å². The maximum absolute atomic E-state index is 5.94. The molecular formula is C19H20ClN5OS. The molecule has 0 aliphatic carbocycles. The summed E-state index contributed by atoms with van der Waals surface area (Å²) in [7, 11) is 0. The quantitative estimate of drug-likeness (QED) is 0.607. The first-order valence-corrected chi connectivity index (χ1v) is 9.63. The molecular weight excluding hydrogens is 382 g/mol. The number of halogens is 1. The second-order valence-corrected chi connectivity index (χ2v) is 7.36. The standard InChI is InChI=1S/C19H20ClN5OS/c20-17-3-1-16(2-4-17)18-22-25(19(27)26-18)14-24-11-9-23(10-12-24)13-15-5-7-21-8-6-15/h1-8H,9-14H2. The van der Waals surface area contributed by atoms with Crippen LogP contribution in [0.1, 0.15) is 5.56 Å². The Morgan fingerprint density at radius 2 is 1.63 bits per heavy atom. The van der Waals surface area contributed by atoms with Gasteiger partial charge in [0.1, 0.15) is 0 Å². The molecule has 0 spiro atoms. The van der Waals surface area contributed by atoms with Crippen LogP contribution in [0.3, 0.4) is 0 Å². The molecule has 27 heavy (non-hydrogen) atoms. The number of pyridine rings is 1. The molecule has 0 bridgehead atoms. The molecule has 0 radical (unpaired) electrons. The van der Waals surface area contributed by atoms with Gasteiger partial charge in [-0.3, -0.25) is 14.8 Å². The molecule has 1 saturated heterocycles. The van der Waals surface area contributed by atoms with Gasteiger partial charge in [0, 0.05) is 55.7 Å². The largest absolute Gasteiger partial charge is 0.409 e. The summed E-state index contributed by atoms with van der Waals surface area (Å²) >= 11 is 11.3. The minimum absolute atomic E-state index is 0.388. The molecule has 1 aromatic carbocycles. The van der Waals surface area contributed by atoms with Crippen molar-refractivity contribution in [3.63, 3.8) is 0 Å². The van der Waals surface area contributed by atoms with Gasteiger partial charge in [-0.2, -0.15) is 0 Å². The third-order valence-electron chi connectivity index (χ3n) is 4.65. The van der Waals surface area contributed by atoms with E-state index in [1.54, 1.807) is 4.68 Å². The molecule has 0 saturated carbocycles. The van der Waals surface area contributed by atoms with E-state index in [9.17, 15) is 0 Å². The van der Waals surface area contributed by atoms with Gasteiger partial charge < -0.3 is 4.42 Å². The third-order valence-corrected chi connectivity index (χ3v) is 5.20. The first kappa shape index (κ1) is 18.3. The topological polar surface area (TPSA) is 50.3 Å². The highest BCUT2D eigenvalue weighted by Gasteiger charge is 2.18.